The summed E-state index contributed by atoms with van der Waals surface area (Å²) >= 11 is 1.84. The molecular formula is C7H12S. The van der Waals surface area contributed by atoms with Crippen LogP contribution in [0, 0.1) is 13.8 Å². The van der Waals surface area contributed by atoms with Crippen molar-refractivity contribution >= 4 is 11.3 Å². The minimum absolute atomic E-state index is 0. The van der Waals surface area contributed by atoms with E-state index in [2.05, 4.69) is 26.0 Å². The second-order valence-electron chi connectivity index (χ2n) is 1.66. The zero-order chi connectivity index (χ0) is 5.28. The Morgan fingerprint density at radius 2 is 1.50 bits per heavy atom. The fraction of sp³-hybridized carbons (Fsp3) is 0.429. The lowest BCUT2D eigenvalue weighted by Crippen LogP contribution is -1.44. The molecule has 0 nitrogen and oxygen atoms in total. The number of thiophene rings is 1. The smallest absolute Gasteiger partial charge is 0.00170 e. The lowest BCUT2D eigenvalue weighted by atomic mass is 10.5. The lowest BCUT2D eigenvalue weighted by Gasteiger charge is -1.71. The first-order valence-corrected chi connectivity index (χ1v) is 3.14. The van der Waals surface area contributed by atoms with Crippen LogP contribution < -0.4 is 0 Å². The molecule has 0 spiro atoms. The van der Waals surface area contributed by atoms with Crippen LogP contribution in [0.4, 0.5) is 0 Å². The summed E-state index contributed by atoms with van der Waals surface area (Å²) < 4.78 is 0. The van der Waals surface area contributed by atoms with Gasteiger partial charge in [-0.05, 0) is 26.0 Å². The van der Waals surface area contributed by atoms with Gasteiger partial charge >= 0.3 is 0 Å². The SMILES string of the molecule is C.Cc1ccc(C)s1. The highest BCUT2D eigenvalue weighted by molar-refractivity contribution is 7.11. The fourth-order valence-electron chi connectivity index (χ4n) is 0.557. The Kier molecular flexibility index (Phi) is 2.77. The predicted octanol–water partition coefficient (Wildman–Crippen LogP) is 3.00. The molecule has 0 aromatic carbocycles. The quantitative estimate of drug-likeness (QED) is 0.504. The molecule has 0 aliphatic rings. The largest absolute Gasteiger partial charge is 0.146 e. The van der Waals surface area contributed by atoms with E-state index in [0.717, 1.165) is 0 Å². The van der Waals surface area contributed by atoms with Crippen molar-refractivity contribution in [3.05, 3.63) is 21.9 Å². The summed E-state index contributed by atoms with van der Waals surface area (Å²) in [5, 5.41) is 0. The van der Waals surface area contributed by atoms with Crippen LogP contribution in [-0.4, -0.2) is 0 Å². The first-order chi connectivity index (χ1) is 3.29. The third kappa shape index (κ3) is 1.66. The van der Waals surface area contributed by atoms with Gasteiger partial charge in [-0.25, -0.2) is 0 Å². The molecule has 8 heavy (non-hydrogen) atoms. The molecule has 0 saturated carbocycles. The van der Waals surface area contributed by atoms with Gasteiger partial charge in [-0.3, -0.25) is 0 Å². The van der Waals surface area contributed by atoms with E-state index in [1.54, 1.807) is 0 Å². The Morgan fingerprint density at radius 3 is 1.62 bits per heavy atom. The highest BCUT2D eigenvalue weighted by atomic mass is 32.1. The van der Waals surface area contributed by atoms with Crippen molar-refractivity contribution in [2.45, 2.75) is 21.3 Å². The maximum absolute atomic E-state index is 2.14. The van der Waals surface area contributed by atoms with Gasteiger partial charge in [0.15, 0.2) is 0 Å². The average molecular weight is 128 g/mol. The molecule has 1 heterocycles. The maximum Gasteiger partial charge on any atom is 0.00170 e. The Bertz CT molecular complexity index is 137. The molecule has 1 aromatic rings. The number of hydrogen-bond donors (Lipinski definition) is 0. The molecule has 0 aliphatic carbocycles. The highest BCUT2D eigenvalue weighted by Crippen LogP contribution is 2.11. The van der Waals surface area contributed by atoms with Crippen LogP contribution in [0.15, 0.2) is 12.1 Å². The van der Waals surface area contributed by atoms with Crippen molar-refractivity contribution in [1.82, 2.24) is 0 Å². The standard InChI is InChI=1S/C6H8S.CH4/c1-5-3-4-6(2)7-5;/h3-4H,1-2H3;1H4. The summed E-state index contributed by atoms with van der Waals surface area (Å²) in [6.45, 7) is 4.25. The number of aryl methyl sites for hydroxylation is 2. The molecule has 0 aliphatic heterocycles. The molecule has 0 fully saturated rings. The molecule has 0 bridgehead atoms. The van der Waals surface area contributed by atoms with Gasteiger partial charge in [0.25, 0.3) is 0 Å². The zero-order valence-electron chi connectivity index (χ0n) is 4.56. The van der Waals surface area contributed by atoms with Crippen molar-refractivity contribution in [3.8, 4) is 0 Å². The Labute approximate surface area is 55.2 Å². The second kappa shape index (κ2) is 2.88. The molecule has 1 rings (SSSR count). The van der Waals surface area contributed by atoms with Crippen LogP contribution in [0.25, 0.3) is 0 Å². The van der Waals surface area contributed by atoms with Crippen LogP contribution in [-0.2, 0) is 0 Å². The summed E-state index contributed by atoms with van der Waals surface area (Å²) in [6.07, 6.45) is 0. The molecule has 0 N–H and O–H groups in total. The van der Waals surface area contributed by atoms with E-state index in [1.807, 2.05) is 11.3 Å². The van der Waals surface area contributed by atoms with Gasteiger partial charge in [0.05, 0.1) is 0 Å². The third-order valence-electron chi connectivity index (χ3n) is 0.875. The molecular weight excluding hydrogens is 116 g/mol. The highest BCUT2D eigenvalue weighted by Gasteiger charge is 1.84. The minimum Gasteiger partial charge on any atom is -0.146 e. The summed E-state index contributed by atoms with van der Waals surface area (Å²) in [5.74, 6) is 0. The molecule has 0 radical (unpaired) electrons. The molecule has 0 saturated heterocycles. The second-order valence-corrected chi connectivity index (χ2v) is 3.15. The maximum atomic E-state index is 2.14. The van der Waals surface area contributed by atoms with Gasteiger partial charge in [-0.15, -0.1) is 11.3 Å². The van der Waals surface area contributed by atoms with Crippen molar-refractivity contribution < 1.29 is 0 Å². The van der Waals surface area contributed by atoms with Gasteiger partial charge in [-0.2, -0.15) is 0 Å². The van der Waals surface area contributed by atoms with Gasteiger partial charge in [-0.1, -0.05) is 7.43 Å². The van der Waals surface area contributed by atoms with Crippen molar-refractivity contribution in [3.63, 3.8) is 0 Å². The monoisotopic (exact) mass is 128 g/mol. The topological polar surface area (TPSA) is 0 Å². The molecule has 0 atom stereocenters. The van der Waals surface area contributed by atoms with E-state index in [-0.39, 0.29) is 7.43 Å². The number of hydrogen-bond acceptors (Lipinski definition) is 1. The van der Waals surface area contributed by atoms with E-state index in [1.165, 1.54) is 9.75 Å². The Balaban J connectivity index is 0.000000490. The van der Waals surface area contributed by atoms with E-state index in [9.17, 15) is 0 Å². The van der Waals surface area contributed by atoms with Crippen LogP contribution in [0.3, 0.4) is 0 Å². The molecule has 46 valence electrons. The van der Waals surface area contributed by atoms with Gasteiger partial charge < -0.3 is 0 Å². The van der Waals surface area contributed by atoms with Gasteiger partial charge in [0.1, 0.15) is 0 Å². The van der Waals surface area contributed by atoms with E-state index >= 15 is 0 Å². The van der Waals surface area contributed by atoms with Gasteiger partial charge in [0, 0.05) is 9.75 Å². The first kappa shape index (κ1) is 7.70. The van der Waals surface area contributed by atoms with Crippen molar-refractivity contribution in [2.24, 2.45) is 0 Å². The van der Waals surface area contributed by atoms with Crippen molar-refractivity contribution in [1.29, 1.82) is 0 Å². The van der Waals surface area contributed by atoms with Crippen LogP contribution in [0.1, 0.15) is 17.2 Å². The van der Waals surface area contributed by atoms with Gasteiger partial charge in [0.2, 0.25) is 0 Å². The van der Waals surface area contributed by atoms with E-state index < -0.39 is 0 Å². The summed E-state index contributed by atoms with van der Waals surface area (Å²) in [6, 6.07) is 4.28. The normalized spacial score (nSPS) is 8.25. The molecule has 1 heteroatoms. The average Bonchev–Trinajstić information content (AvgIpc) is 1.87. The van der Waals surface area contributed by atoms with E-state index in [0.29, 0.717) is 0 Å². The lowest BCUT2D eigenvalue weighted by molar-refractivity contribution is 1.61. The summed E-state index contributed by atoms with van der Waals surface area (Å²) in [4.78, 5) is 2.80. The van der Waals surface area contributed by atoms with E-state index in [4.69, 9.17) is 0 Å². The molecule has 1 aromatic heterocycles. The summed E-state index contributed by atoms with van der Waals surface area (Å²) in [7, 11) is 0. The van der Waals surface area contributed by atoms with Crippen LogP contribution >= 0.6 is 11.3 Å². The Hall–Kier alpha value is -0.300. The van der Waals surface area contributed by atoms with Crippen LogP contribution in [0.5, 0.6) is 0 Å². The van der Waals surface area contributed by atoms with Crippen molar-refractivity contribution in [2.75, 3.05) is 0 Å². The number of rotatable bonds is 0. The molecule has 0 unspecified atom stereocenters. The zero-order valence-corrected chi connectivity index (χ0v) is 5.38. The first-order valence-electron chi connectivity index (χ1n) is 2.32. The predicted molar refractivity (Wildman–Crippen MR) is 40.5 cm³/mol. The Morgan fingerprint density at radius 1 is 1.12 bits per heavy atom. The third-order valence-corrected chi connectivity index (χ3v) is 1.79. The van der Waals surface area contributed by atoms with Crippen LogP contribution in [0.2, 0.25) is 0 Å². The molecule has 0 amide bonds. The fourth-order valence-corrected chi connectivity index (χ4v) is 1.34. The minimum atomic E-state index is 0. The summed E-state index contributed by atoms with van der Waals surface area (Å²) in [5.41, 5.74) is 0.